The van der Waals surface area contributed by atoms with Gasteiger partial charge in [-0.15, -0.1) is 0 Å². The molecule has 0 N–H and O–H groups in total. The van der Waals surface area contributed by atoms with Gasteiger partial charge in [-0.1, -0.05) is 13.8 Å². The summed E-state index contributed by atoms with van der Waals surface area (Å²) < 4.78 is 16.7. The fourth-order valence-electron chi connectivity index (χ4n) is 2.63. The van der Waals surface area contributed by atoms with Crippen LogP contribution in [0.3, 0.4) is 0 Å². The monoisotopic (exact) mass is 315 g/mol. The molecule has 0 aromatic carbocycles. The number of hydrogen-bond acceptors (Lipinski definition) is 5. The van der Waals surface area contributed by atoms with Gasteiger partial charge in [-0.2, -0.15) is 0 Å². The van der Waals surface area contributed by atoms with Crippen molar-refractivity contribution in [2.45, 2.75) is 78.9 Å². The molecule has 1 heterocycles. The molecule has 0 aliphatic carbocycles. The van der Waals surface area contributed by atoms with Crippen LogP contribution in [0.4, 0.5) is 4.79 Å². The molecule has 1 amide bonds. The summed E-state index contributed by atoms with van der Waals surface area (Å²) in [5.41, 5.74) is -1.42. The van der Waals surface area contributed by atoms with Crippen LogP contribution in [0.1, 0.15) is 55.4 Å². The summed E-state index contributed by atoms with van der Waals surface area (Å²) in [4.78, 5) is 25.3. The van der Waals surface area contributed by atoms with Crippen LogP contribution in [0.2, 0.25) is 0 Å². The zero-order chi connectivity index (χ0) is 17.3. The SMILES string of the molecule is CC(=O)OC[C@H]1[C@@H](C(C)C)OC(C)(C)N1C(=O)OC(C)(C)C. The van der Waals surface area contributed by atoms with Crippen molar-refractivity contribution in [2.24, 2.45) is 5.92 Å². The molecule has 2 atom stereocenters. The summed E-state index contributed by atoms with van der Waals surface area (Å²) in [5, 5.41) is 0. The smallest absolute Gasteiger partial charge is 0.413 e. The van der Waals surface area contributed by atoms with Crippen molar-refractivity contribution in [3.8, 4) is 0 Å². The Kier molecular flexibility index (Phi) is 5.49. The summed E-state index contributed by atoms with van der Waals surface area (Å²) >= 11 is 0. The van der Waals surface area contributed by atoms with E-state index < -0.39 is 17.4 Å². The highest BCUT2D eigenvalue weighted by molar-refractivity contribution is 5.70. The quantitative estimate of drug-likeness (QED) is 0.749. The zero-order valence-corrected chi connectivity index (χ0v) is 14.9. The van der Waals surface area contributed by atoms with Crippen LogP contribution in [0, 0.1) is 5.92 Å². The molecule has 0 unspecified atom stereocenters. The van der Waals surface area contributed by atoms with Gasteiger partial charge in [0.25, 0.3) is 0 Å². The molecule has 6 heteroatoms. The maximum absolute atomic E-state index is 12.6. The van der Waals surface area contributed by atoms with Crippen LogP contribution >= 0.6 is 0 Å². The van der Waals surface area contributed by atoms with Crippen molar-refractivity contribution in [3.05, 3.63) is 0 Å². The van der Waals surface area contributed by atoms with E-state index >= 15 is 0 Å². The molecule has 1 aliphatic heterocycles. The van der Waals surface area contributed by atoms with Crippen molar-refractivity contribution >= 4 is 12.1 Å². The first-order valence-electron chi connectivity index (χ1n) is 7.68. The Morgan fingerprint density at radius 2 is 1.82 bits per heavy atom. The van der Waals surface area contributed by atoms with Gasteiger partial charge in [0.1, 0.15) is 17.9 Å². The van der Waals surface area contributed by atoms with E-state index in [0.29, 0.717) is 0 Å². The molecule has 128 valence electrons. The van der Waals surface area contributed by atoms with Crippen molar-refractivity contribution in [1.82, 2.24) is 4.90 Å². The lowest BCUT2D eigenvalue weighted by Gasteiger charge is -2.35. The highest BCUT2D eigenvalue weighted by atomic mass is 16.6. The topological polar surface area (TPSA) is 65.1 Å². The minimum absolute atomic E-state index is 0.0981. The lowest BCUT2D eigenvalue weighted by Crippen LogP contribution is -2.52. The number of nitrogens with zero attached hydrogens (tertiary/aromatic N) is 1. The third kappa shape index (κ3) is 4.60. The maximum Gasteiger partial charge on any atom is 0.413 e. The molecule has 22 heavy (non-hydrogen) atoms. The molecule has 0 bridgehead atoms. The van der Waals surface area contributed by atoms with E-state index in [1.165, 1.54) is 6.92 Å². The Morgan fingerprint density at radius 3 is 2.23 bits per heavy atom. The first kappa shape index (κ1) is 18.7. The van der Waals surface area contributed by atoms with Gasteiger partial charge < -0.3 is 14.2 Å². The molecule has 1 rings (SSSR count). The van der Waals surface area contributed by atoms with E-state index in [4.69, 9.17) is 14.2 Å². The number of ether oxygens (including phenoxy) is 3. The summed E-state index contributed by atoms with van der Waals surface area (Å²) in [7, 11) is 0. The number of hydrogen-bond donors (Lipinski definition) is 0. The highest BCUT2D eigenvalue weighted by Crippen LogP contribution is 2.36. The van der Waals surface area contributed by atoms with E-state index in [1.54, 1.807) is 4.90 Å². The van der Waals surface area contributed by atoms with E-state index in [9.17, 15) is 9.59 Å². The Bertz CT molecular complexity index is 425. The van der Waals surface area contributed by atoms with Crippen LogP contribution < -0.4 is 0 Å². The molecule has 0 spiro atoms. The van der Waals surface area contributed by atoms with Crippen LogP contribution in [0.25, 0.3) is 0 Å². The second-order valence-electron chi connectivity index (χ2n) is 7.49. The molecule has 0 saturated carbocycles. The number of rotatable bonds is 3. The van der Waals surface area contributed by atoms with Gasteiger partial charge in [0.15, 0.2) is 0 Å². The van der Waals surface area contributed by atoms with Gasteiger partial charge in [0.05, 0.1) is 12.1 Å². The van der Waals surface area contributed by atoms with Crippen molar-refractivity contribution in [2.75, 3.05) is 6.61 Å². The number of esters is 1. The van der Waals surface area contributed by atoms with Gasteiger partial charge in [-0.3, -0.25) is 9.69 Å². The van der Waals surface area contributed by atoms with Crippen molar-refractivity contribution < 1.29 is 23.8 Å². The lowest BCUT2D eigenvalue weighted by molar-refractivity contribution is -0.143. The van der Waals surface area contributed by atoms with Gasteiger partial charge in [-0.25, -0.2) is 4.79 Å². The van der Waals surface area contributed by atoms with E-state index in [-0.39, 0.29) is 30.6 Å². The molecular weight excluding hydrogens is 286 g/mol. The Hall–Kier alpha value is -1.30. The van der Waals surface area contributed by atoms with Gasteiger partial charge in [0, 0.05) is 6.92 Å². The highest BCUT2D eigenvalue weighted by Gasteiger charge is 2.52. The predicted molar refractivity (Wildman–Crippen MR) is 82.3 cm³/mol. The van der Waals surface area contributed by atoms with Gasteiger partial charge in [0.2, 0.25) is 0 Å². The third-order valence-electron chi connectivity index (χ3n) is 3.42. The third-order valence-corrected chi connectivity index (χ3v) is 3.42. The first-order valence-corrected chi connectivity index (χ1v) is 7.68. The van der Waals surface area contributed by atoms with Crippen LogP contribution in [0.5, 0.6) is 0 Å². The van der Waals surface area contributed by atoms with Crippen LogP contribution in [-0.2, 0) is 19.0 Å². The molecule has 0 radical (unpaired) electrons. The van der Waals surface area contributed by atoms with E-state index in [2.05, 4.69) is 0 Å². The van der Waals surface area contributed by atoms with Gasteiger partial charge in [-0.05, 0) is 40.5 Å². The normalized spacial score (nSPS) is 24.5. The van der Waals surface area contributed by atoms with Crippen LogP contribution in [0.15, 0.2) is 0 Å². The molecule has 0 aromatic rings. The summed E-state index contributed by atoms with van der Waals surface area (Å²) in [6, 6.07) is -0.367. The first-order chi connectivity index (χ1) is 9.85. The fraction of sp³-hybridized carbons (Fsp3) is 0.875. The Morgan fingerprint density at radius 1 is 1.27 bits per heavy atom. The predicted octanol–water partition coefficient (Wildman–Crippen LogP) is 2.95. The second-order valence-corrected chi connectivity index (χ2v) is 7.49. The summed E-state index contributed by atoms with van der Waals surface area (Å²) in [5.74, 6) is -0.205. The maximum atomic E-state index is 12.6. The minimum atomic E-state index is -0.817. The Labute approximate surface area is 133 Å². The zero-order valence-electron chi connectivity index (χ0n) is 14.9. The molecule has 0 aromatic heterocycles. The number of carbonyl (C=O) groups excluding carboxylic acids is 2. The van der Waals surface area contributed by atoms with Gasteiger partial charge >= 0.3 is 12.1 Å². The van der Waals surface area contributed by atoms with Crippen molar-refractivity contribution in [1.29, 1.82) is 0 Å². The summed E-state index contributed by atoms with van der Waals surface area (Å²) in [6.45, 7) is 14.6. The fourth-order valence-corrected chi connectivity index (χ4v) is 2.63. The largest absolute Gasteiger partial charge is 0.464 e. The van der Waals surface area contributed by atoms with E-state index in [1.807, 2.05) is 48.5 Å². The second kappa shape index (κ2) is 6.44. The standard InChI is InChI=1S/C16H29NO5/c1-10(2)13-12(9-20-11(3)18)17(16(7,8)21-13)14(19)22-15(4,5)6/h10,12-13H,9H2,1-8H3/t12-,13+/m0/s1. The average molecular weight is 315 g/mol. The molecule has 1 fully saturated rings. The summed E-state index contributed by atoms with van der Waals surface area (Å²) in [6.07, 6.45) is -0.681. The lowest BCUT2D eigenvalue weighted by atomic mass is 10.00. The van der Waals surface area contributed by atoms with Crippen LogP contribution in [-0.4, -0.2) is 47.0 Å². The Balaban J connectivity index is 3.05. The number of carbonyl (C=O) groups is 2. The molecule has 1 aliphatic rings. The van der Waals surface area contributed by atoms with Crippen molar-refractivity contribution in [3.63, 3.8) is 0 Å². The molecule has 1 saturated heterocycles. The average Bonchev–Trinajstić information content (AvgIpc) is 2.55. The molecule has 6 nitrogen and oxygen atoms in total. The minimum Gasteiger partial charge on any atom is -0.464 e. The molecular formula is C16H29NO5. The number of amides is 1. The van der Waals surface area contributed by atoms with E-state index in [0.717, 1.165) is 0 Å².